The van der Waals surface area contributed by atoms with Crippen molar-refractivity contribution in [1.82, 2.24) is 4.98 Å². The van der Waals surface area contributed by atoms with Gasteiger partial charge < -0.3 is 11.1 Å². The van der Waals surface area contributed by atoms with Crippen LogP contribution in [0.2, 0.25) is 0 Å². The smallest absolute Gasteiger partial charge is 0.184 e. The molecule has 4 heteroatoms. The molecule has 13 heavy (non-hydrogen) atoms. The number of nitrogens with zero attached hydrogens (tertiary/aromatic N) is 1. The van der Waals surface area contributed by atoms with Gasteiger partial charge in [0.2, 0.25) is 0 Å². The lowest BCUT2D eigenvalue weighted by Gasteiger charge is -2.11. The quantitative estimate of drug-likeness (QED) is 0.779. The van der Waals surface area contributed by atoms with Crippen LogP contribution < -0.4 is 11.1 Å². The molecule has 2 rings (SSSR count). The first kappa shape index (κ1) is 8.81. The molecule has 0 radical (unpaired) electrons. The number of nitrogens with two attached hydrogens (primary N) is 1. The average Bonchev–Trinajstić information content (AvgIpc) is 2.76. The summed E-state index contributed by atoms with van der Waals surface area (Å²) < 4.78 is 0. The minimum atomic E-state index is 0.526. The van der Waals surface area contributed by atoms with Crippen molar-refractivity contribution in [2.45, 2.75) is 32.2 Å². The first-order valence-electron chi connectivity index (χ1n) is 4.72. The lowest BCUT2D eigenvalue weighted by molar-refractivity contribution is 0.642. The summed E-state index contributed by atoms with van der Waals surface area (Å²) in [5.74, 6) is 0.958. The van der Waals surface area contributed by atoms with E-state index in [0.29, 0.717) is 6.04 Å². The Morgan fingerprint density at radius 1 is 1.77 bits per heavy atom. The van der Waals surface area contributed by atoms with E-state index in [9.17, 15) is 0 Å². The van der Waals surface area contributed by atoms with Crippen LogP contribution in [0.5, 0.6) is 0 Å². The van der Waals surface area contributed by atoms with E-state index in [-0.39, 0.29) is 0 Å². The second-order valence-corrected chi connectivity index (χ2v) is 4.85. The Labute approximate surface area is 82.4 Å². The van der Waals surface area contributed by atoms with Crippen LogP contribution in [0.1, 0.15) is 26.2 Å². The monoisotopic (exact) mass is 197 g/mol. The summed E-state index contributed by atoms with van der Waals surface area (Å²) in [6.07, 6.45) is 5.79. The number of nitrogen functional groups attached to an aromatic ring is 1. The highest BCUT2D eigenvalue weighted by Crippen LogP contribution is 2.34. The van der Waals surface area contributed by atoms with Crippen LogP contribution in [-0.4, -0.2) is 11.0 Å². The van der Waals surface area contributed by atoms with Gasteiger partial charge in [-0.15, -0.1) is 0 Å². The molecular formula is C9H15N3S. The number of anilines is 2. The van der Waals surface area contributed by atoms with Crippen LogP contribution in [0.4, 0.5) is 10.1 Å². The summed E-state index contributed by atoms with van der Waals surface area (Å²) in [4.78, 5) is 4.17. The zero-order valence-corrected chi connectivity index (χ0v) is 8.60. The van der Waals surface area contributed by atoms with Gasteiger partial charge in [0.05, 0.1) is 6.20 Å². The molecule has 3 nitrogen and oxygen atoms in total. The summed E-state index contributed by atoms with van der Waals surface area (Å²) in [5, 5.41) is 5.09. The number of hydrogen-bond acceptors (Lipinski definition) is 4. The summed E-state index contributed by atoms with van der Waals surface area (Å²) in [6, 6.07) is 0.526. The molecule has 1 aliphatic carbocycles. The average molecular weight is 197 g/mol. The van der Waals surface area contributed by atoms with Crippen molar-refractivity contribution >= 4 is 21.5 Å². The van der Waals surface area contributed by atoms with Gasteiger partial charge in [-0.3, -0.25) is 0 Å². The highest BCUT2D eigenvalue weighted by Gasteiger charge is 2.23. The fraction of sp³-hybridized carbons (Fsp3) is 0.667. The third-order valence-electron chi connectivity index (χ3n) is 2.28. The standard InChI is InChI=1S/C9H15N3S/c1-6(4-7-2-3-7)12-9-11-5-8(10)13-9/h5-7H,2-4,10H2,1H3,(H,11,12). The van der Waals surface area contributed by atoms with Crippen molar-refractivity contribution in [3.05, 3.63) is 6.20 Å². The summed E-state index contributed by atoms with van der Waals surface area (Å²) in [6.45, 7) is 2.20. The molecule has 1 aromatic heterocycles. The summed E-state index contributed by atoms with van der Waals surface area (Å²) >= 11 is 1.52. The van der Waals surface area contributed by atoms with Crippen molar-refractivity contribution in [2.24, 2.45) is 5.92 Å². The Morgan fingerprint density at radius 2 is 2.54 bits per heavy atom. The van der Waals surface area contributed by atoms with Crippen molar-refractivity contribution in [1.29, 1.82) is 0 Å². The first-order valence-corrected chi connectivity index (χ1v) is 5.53. The Bertz CT molecular complexity index is 280. The highest BCUT2D eigenvalue weighted by molar-refractivity contribution is 7.19. The molecule has 1 unspecified atom stereocenters. The number of rotatable bonds is 4. The maximum Gasteiger partial charge on any atom is 0.184 e. The Hall–Kier alpha value is -0.770. The third kappa shape index (κ3) is 2.59. The van der Waals surface area contributed by atoms with Crippen LogP contribution in [0.3, 0.4) is 0 Å². The van der Waals surface area contributed by atoms with Crippen LogP contribution in [-0.2, 0) is 0 Å². The fourth-order valence-electron chi connectivity index (χ4n) is 1.48. The predicted molar refractivity (Wildman–Crippen MR) is 57.0 cm³/mol. The normalized spacial score (nSPS) is 18.5. The van der Waals surface area contributed by atoms with Crippen molar-refractivity contribution in [3.63, 3.8) is 0 Å². The third-order valence-corrected chi connectivity index (χ3v) is 3.03. The SMILES string of the molecule is CC(CC1CC1)Nc1ncc(N)s1. The molecule has 0 saturated heterocycles. The topological polar surface area (TPSA) is 50.9 Å². The molecular weight excluding hydrogens is 182 g/mol. The Morgan fingerprint density at radius 3 is 3.08 bits per heavy atom. The molecule has 3 N–H and O–H groups in total. The molecule has 0 aromatic carbocycles. The minimum Gasteiger partial charge on any atom is -0.389 e. The number of hydrogen-bond donors (Lipinski definition) is 2. The molecule has 1 aliphatic rings. The molecule has 0 bridgehead atoms. The minimum absolute atomic E-state index is 0.526. The summed E-state index contributed by atoms with van der Waals surface area (Å²) in [5.41, 5.74) is 5.58. The van der Waals surface area contributed by atoms with E-state index in [2.05, 4.69) is 17.2 Å². The molecule has 1 saturated carbocycles. The fourth-order valence-corrected chi connectivity index (χ4v) is 2.17. The first-order chi connectivity index (χ1) is 6.24. The van der Waals surface area contributed by atoms with Crippen molar-refractivity contribution in [3.8, 4) is 0 Å². The zero-order valence-electron chi connectivity index (χ0n) is 7.79. The van der Waals surface area contributed by atoms with E-state index < -0.39 is 0 Å². The van der Waals surface area contributed by atoms with Gasteiger partial charge in [-0.1, -0.05) is 24.2 Å². The Kier molecular flexibility index (Phi) is 2.40. The number of nitrogens with one attached hydrogen (secondary N) is 1. The lowest BCUT2D eigenvalue weighted by Crippen LogP contribution is -2.15. The largest absolute Gasteiger partial charge is 0.389 e. The zero-order chi connectivity index (χ0) is 9.26. The van der Waals surface area contributed by atoms with Gasteiger partial charge in [0, 0.05) is 6.04 Å². The molecule has 1 aromatic rings. The van der Waals surface area contributed by atoms with Gasteiger partial charge in [-0.25, -0.2) is 4.98 Å². The van der Waals surface area contributed by atoms with E-state index in [1.807, 2.05) is 0 Å². The van der Waals surface area contributed by atoms with Gasteiger partial charge in [0.15, 0.2) is 5.13 Å². The lowest BCUT2D eigenvalue weighted by atomic mass is 10.2. The van der Waals surface area contributed by atoms with Gasteiger partial charge in [-0.2, -0.15) is 0 Å². The van der Waals surface area contributed by atoms with E-state index in [1.54, 1.807) is 6.20 Å². The molecule has 0 spiro atoms. The molecule has 0 aliphatic heterocycles. The van der Waals surface area contributed by atoms with Crippen LogP contribution in [0.15, 0.2) is 6.20 Å². The van der Waals surface area contributed by atoms with Crippen LogP contribution in [0.25, 0.3) is 0 Å². The van der Waals surface area contributed by atoms with Gasteiger partial charge in [-0.05, 0) is 19.3 Å². The second kappa shape index (κ2) is 3.54. The molecule has 72 valence electrons. The molecule has 1 fully saturated rings. The predicted octanol–water partition coefficient (Wildman–Crippen LogP) is 2.33. The molecule has 1 atom stereocenters. The van der Waals surface area contributed by atoms with Crippen molar-refractivity contribution < 1.29 is 0 Å². The summed E-state index contributed by atoms with van der Waals surface area (Å²) in [7, 11) is 0. The highest BCUT2D eigenvalue weighted by atomic mass is 32.1. The Balaban J connectivity index is 1.82. The van der Waals surface area contributed by atoms with Crippen molar-refractivity contribution in [2.75, 3.05) is 11.1 Å². The maximum atomic E-state index is 5.58. The molecule has 1 heterocycles. The van der Waals surface area contributed by atoms with E-state index in [4.69, 9.17) is 5.73 Å². The van der Waals surface area contributed by atoms with Crippen LogP contribution in [0, 0.1) is 5.92 Å². The second-order valence-electron chi connectivity index (χ2n) is 3.79. The number of thiazole rings is 1. The van der Waals surface area contributed by atoms with Crippen LogP contribution >= 0.6 is 11.3 Å². The maximum absolute atomic E-state index is 5.58. The molecule has 0 amide bonds. The van der Waals surface area contributed by atoms with E-state index >= 15 is 0 Å². The number of aromatic nitrogens is 1. The van der Waals surface area contributed by atoms with E-state index in [0.717, 1.165) is 16.1 Å². The van der Waals surface area contributed by atoms with Gasteiger partial charge in [0.1, 0.15) is 5.00 Å². The van der Waals surface area contributed by atoms with E-state index in [1.165, 1.54) is 30.6 Å². The van der Waals surface area contributed by atoms with Gasteiger partial charge in [0.25, 0.3) is 0 Å². The van der Waals surface area contributed by atoms with Gasteiger partial charge >= 0.3 is 0 Å².